The van der Waals surface area contributed by atoms with Crippen LogP contribution in [0.4, 0.5) is 5.69 Å². The largest absolute Gasteiger partial charge is 0.490 e. The Labute approximate surface area is 111 Å². The molecule has 0 saturated carbocycles. The van der Waals surface area contributed by atoms with Crippen molar-refractivity contribution >= 4 is 22.6 Å². The highest BCUT2D eigenvalue weighted by molar-refractivity contribution is 8.15. The summed E-state index contributed by atoms with van der Waals surface area (Å²) in [5.41, 5.74) is 1.000. The van der Waals surface area contributed by atoms with Gasteiger partial charge in [-0.1, -0.05) is 18.7 Å². The summed E-state index contributed by atoms with van der Waals surface area (Å²) < 4.78 is 11.3. The number of nitrogens with one attached hydrogen (secondary N) is 1. The lowest BCUT2D eigenvalue weighted by molar-refractivity contribution is 0.297. The highest BCUT2D eigenvalue weighted by Crippen LogP contribution is 2.33. The van der Waals surface area contributed by atoms with Crippen molar-refractivity contribution in [2.75, 3.05) is 25.1 Å². The fourth-order valence-corrected chi connectivity index (χ4v) is 2.77. The third-order valence-electron chi connectivity index (χ3n) is 2.80. The van der Waals surface area contributed by atoms with Crippen LogP contribution in [-0.4, -0.2) is 30.2 Å². The van der Waals surface area contributed by atoms with Gasteiger partial charge in [-0.3, -0.25) is 4.99 Å². The molecule has 96 valence electrons. The molecule has 4 nitrogen and oxygen atoms in total. The normalized spacial score (nSPS) is 22.3. The number of hydrogen-bond donors (Lipinski definition) is 1. The molecule has 1 aromatic rings. The Morgan fingerprint density at radius 2 is 2.11 bits per heavy atom. The molecule has 0 spiro atoms. The summed E-state index contributed by atoms with van der Waals surface area (Å²) in [7, 11) is 0. The molecule has 2 heterocycles. The Balaban J connectivity index is 1.75. The van der Waals surface area contributed by atoms with Crippen molar-refractivity contribution in [1.29, 1.82) is 0 Å². The second-order valence-electron chi connectivity index (χ2n) is 4.41. The average Bonchev–Trinajstić information content (AvgIpc) is 2.64. The average molecular weight is 264 g/mol. The number of hydrogen-bond acceptors (Lipinski definition) is 5. The van der Waals surface area contributed by atoms with Crippen molar-refractivity contribution < 1.29 is 9.47 Å². The van der Waals surface area contributed by atoms with Crippen molar-refractivity contribution in [2.45, 2.75) is 18.6 Å². The summed E-state index contributed by atoms with van der Waals surface area (Å²) in [6.07, 6.45) is 0.928. The van der Waals surface area contributed by atoms with E-state index in [1.54, 1.807) is 11.8 Å². The minimum atomic E-state index is 0.563. The van der Waals surface area contributed by atoms with Crippen LogP contribution in [0.2, 0.25) is 0 Å². The van der Waals surface area contributed by atoms with Gasteiger partial charge in [-0.2, -0.15) is 0 Å². The topological polar surface area (TPSA) is 42.9 Å². The SMILES string of the molecule is CC1CN=C(Nc2ccc3c(c2)OCCCO3)S1. The molecule has 0 amide bonds. The number of fused-ring (bicyclic) bond motifs is 1. The quantitative estimate of drug-likeness (QED) is 0.847. The van der Waals surface area contributed by atoms with E-state index in [2.05, 4.69) is 17.2 Å². The van der Waals surface area contributed by atoms with Gasteiger partial charge in [-0.15, -0.1) is 0 Å². The molecule has 1 N–H and O–H groups in total. The maximum atomic E-state index is 5.66. The van der Waals surface area contributed by atoms with E-state index >= 15 is 0 Å². The molecule has 18 heavy (non-hydrogen) atoms. The van der Waals surface area contributed by atoms with Crippen LogP contribution in [0.3, 0.4) is 0 Å². The van der Waals surface area contributed by atoms with Gasteiger partial charge in [0.2, 0.25) is 0 Å². The standard InChI is InChI=1S/C13H16N2O2S/c1-9-8-14-13(18-9)15-10-3-4-11-12(7-10)17-6-2-5-16-11/h3-4,7,9H,2,5-6,8H2,1H3,(H,14,15). The van der Waals surface area contributed by atoms with Crippen LogP contribution in [0.25, 0.3) is 0 Å². The van der Waals surface area contributed by atoms with Gasteiger partial charge in [0.25, 0.3) is 0 Å². The summed E-state index contributed by atoms with van der Waals surface area (Å²) in [6, 6.07) is 5.93. The molecule has 2 aliphatic rings. The zero-order valence-corrected chi connectivity index (χ0v) is 11.1. The molecule has 3 rings (SSSR count). The third-order valence-corrected chi connectivity index (χ3v) is 3.81. The van der Waals surface area contributed by atoms with Crippen LogP contribution in [-0.2, 0) is 0 Å². The molecule has 2 aliphatic heterocycles. The highest BCUT2D eigenvalue weighted by Gasteiger charge is 2.16. The minimum absolute atomic E-state index is 0.563. The number of benzene rings is 1. The van der Waals surface area contributed by atoms with Gasteiger partial charge < -0.3 is 14.8 Å². The number of amidine groups is 1. The Kier molecular flexibility index (Phi) is 3.32. The molecule has 0 aromatic heterocycles. The first-order chi connectivity index (χ1) is 8.81. The third kappa shape index (κ3) is 2.56. The summed E-state index contributed by atoms with van der Waals surface area (Å²) in [5, 5.41) is 4.87. The first kappa shape index (κ1) is 11.7. The predicted octanol–water partition coefficient (Wildman–Crippen LogP) is 2.75. The van der Waals surface area contributed by atoms with Crippen molar-refractivity contribution in [1.82, 2.24) is 0 Å². The van der Waals surface area contributed by atoms with Gasteiger partial charge in [0, 0.05) is 23.4 Å². The van der Waals surface area contributed by atoms with Gasteiger partial charge >= 0.3 is 0 Å². The zero-order chi connectivity index (χ0) is 12.4. The molecule has 0 fully saturated rings. The molecule has 5 heteroatoms. The minimum Gasteiger partial charge on any atom is -0.490 e. The monoisotopic (exact) mass is 264 g/mol. The lowest BCUT2D eigenvalue weighted by Gasteiger charge is -2.10. The highest BCUT2D eigenvalue weighted by atomic mass is 32.2. The van der Waals surface area contributed by atoms with E-state index < -0.39 is 0 Å². The maximum Gasteiger partial charge on any atom is 0.163 e. The van der Waals surface area contributed by atoms with Crippen LogP contribution >= 0.6 is 11.8 Å². The van der Waals surface area contributed by atoms with E-state index in [4.69, 9.17) is 9.47 Å². The number of thioether (sulfide) groups is 1. The molecule has 0 aliphatic carbocycles. The molecular weight excluding hydrogens is 248 g/mol. The Morgan fingerprint density at radius 3 is 2.89 bits per heavy atom. The van der Waals surface area contributed by atoms with Crippen LogP contribution in [0, 0.1) is 0 Å². The van der Waals surface area contributed by atoms with E-state index in [9.17, 15) is 0 Å². The number of anilines is 1. The summed E-state index contributed by atoms with van der Waals surface area (Å²) in [5.74, 6) is 1.64. The van der Waals surface area contributed by atoms with Gasteiger partial charge in [0.15, 0.2) is 16.7 Å². The van der Waals surface area contributed by atoms with Crippen LogP contribution in [0.1, 0.15) is 13.3 Å². The molecule has 0 saturated heterocycles. The van der Waals surface area contributed by atoms with Gasteiger partial charge in [-0.05, 0) is 12.1 Å². The molecule has 0 radical (unpaired) electrons. The Hall–Kier alpha value is -1.36. The lowest BCUT2D eigenvalue weighted by Crippen LogP contribution is -2.06. The first-order valence-corrected chi connectivity index (χ1v) is 7.07. The molecule has 1 aromatic carbocycles. The number of rotatable bonds is 1. The van der Waals surface area contributed by atoms with E-state index in [1.165, 1.54) is 0 Å². The van der Waals surface area contributed by atoms with Crippen molar-refractivity contribution in [2.24, 2.45) is 4.99 Å². The van der Waals surface area contributed by atoms with Crippen LogP contribution in [0.15, 0.2) is 23.2 Å². The zero-order valence-electron chi connectivity index (χ0n) is 10.3. The molecular formula is C13H16N2O2S. The van der Waals surface area contributed by atoms with E-state index in [0.29, 0.717) is 11.9 Å². The smallest absolute Gasteiger partial charge is 0.163 e. The van der Waals surface area contributed by atoms with E-state index in [-0.39, 0.29) is 0 Å². The lowest BCUT2D eigenvalue weighted by atomic mass is 10.3. The fraction of sp³-hybridized carbons (Fsp3) is 0.462. The predicted molar refractivity (Wildman–Crippen MR) is 75.0 cm³/mol. The molecule has 0 bridgehead atoms. The number of nitrogens with zero attached hydrogens (tertiary/aromatic N) is 1. The first-order valence-electron chi connectivity index (χ1n) is 6.19. The second kappa shape index (κ2) is 5.10. The summed E-state index contributed by atoms with van der Waals surface area (Å²) in [4.78, 5) is 4.44. The van der Waals surface area contributed by atoms with E-state index in [0.717, 1.165) is 41.9 Å². The fourth-order valence-electron chi connectivity index (χ4n) is 1.91. The second-order valence-corrected chi connectivity index (χ2v) is 5.84. The summed E-state index contributed by atoms with van der Waals surface area (Å²) >= 11 is 1.77. The van der Waals surface area contributed by atoms with Crippen LogP contribution < -0.4 is 14.8 Å². The van der Waals surface area contributed by atoms with E-state index in [1.807, 2.05) is 18.2 Å². The summed E-state index contributed by atoms with van der Waals surface area (Å²) in [6.45, 7) is 4.50. The van der Waals surface area contributed by atoms with Crippen molar-refractivity contribution in [3.8, 4) is 11.5 Å². The van der Waals surface area contributed by atoms with Crippen molar-refractivity contribution in [3.05, 3.63) is 18.2 Å². The van der Waals surface area contributed by atoms with Crippen LogP contribution in [0.5, 0.6) is 11.5 Å². The molecule has 1 unspecified atom stereocenters. The number of ether oxygens (including phenoxy) is 2. The Bertz CT molecular complexity index is 476. The number of aliphatic imine (C=N–C) groups is 1. The maximum absolute atomic E-state index is 5.66. The molecule has 1 atom stereocenters. The van der Waals surface area contributed by atoms with Gasteiger partial charge in [-0.25, -0.2) is 0 Å². The van der Waals surface area contributed by atoms with Gasteiger partial charge in [0.1, 0.15) is 0 Å². The van der Waals surface area contributed by atoms with Gasteiger partial charge in [0.05, 0.1) is 19.8 Å². The van der Waals surface area contributed by atoms with Crippen molar-refractivity contribution in [3.63, 3.8) is 0 Å². The Morgan fingerprint density at radius 1 is 1.28 bits per heavy atom.